The minimum absolute atomic E-state index is 0.204. The van der Waals surface area contributed by atoms with Gasteiger partial charge in [0.25, 0.3) is 0 Å². The van der Waals surface area contributed by atoms with Gasteiger partial charge in [-0.3, -0.25) is 0 Å². The van der Waals surface area contributed by atoms with Gasteiger partial charge in [-0.1, -0.05) is 35.3 Å². The zero-order valence-electron chi connectivity index (χ0n) is 9.78. The maximum atomic E-state index is 6.25. The summed E-state index contributed by atoms with van der Waals surface area (Å²) >= 11 is 17.3. The highest BCUT2D eigenvalue weighted by atomic mass is 35.5. The van der Waals surface area contributed by atoms with E-state index in [2.05, 4.69) is 10.4 Å². The number of hydrogen-bond acceptors (Lipinski definition) is 3. The number of nitrogens with zero attached hydrogens (tertiary/aromatic N) is 2. The molecular weight excluding hydrogens is 303 g/mol. The number of rotatable bonds is 1. The highest BCUT2D eigenvalue weighted by Crippen LogP contribution is 2.38. The van der Waals surface area contributed by atoms with E-state index in [1.54, 1.807) is 6.07 Å². The van der Waals surface area contributed by atoms with Crippen LogP contribution in [0.15, 0.2) is 18.2 Å². The molecule has 0 atom stereocenters. The predicted octanol–water partition coefficient (Wildman–Crippen LogP) is 2.92. The van der Waals surface area contributed by atoms with E-state index in [-0.39, 0.29) is 5.11 Å². The summed E-state index contributed by atoms with van der Waals surface area (Å²) in [6.07, 6.45) is 0.857. The monoisotopic (exact) mass is 312 g/mol. The standard InChI is InChI=1S/C12H10Cl2N4S/c13-8-3-1-2-6(9(8)14)10-7-4-5-16-11(7)18(17-10)12(15)19/h1-3,16H,4-5H2,(H2,15,19). The molecule has 0 aliphatic carbocycles. The van der Waals surface area contributed by atoms with Gasteiger partial charge in [-0.05, 0) is 24.7 Å². The number of benzene rings is 1. The first-order chi connectivity index (χ1) is 9.09. The maximum absolute atomic E-state index is 6.25. The molecule has 1 aliphatic heterocycles. The topological polar surface area (TPSA) is 55.9 Å². The van der Waals surface area contributed by atoms with Crippen LogP contribution in [0, 0.1) is 0 Å². The van der Waals surface area contributed by atoms with E-state index in [0.717, 1.165) is 35.6 Å². The van der Waals surface area contributed by atoms with Gasteiger partial charge in [0.15, 0.2) is 5.11 Å². The lowest BCUT2D eigenvalue weighted by Crippen LogP contribution is -2.22. The Bertz CT molecular complexity index is 681. The van der Waals surface area contributed by atoms with E-state index in [9.17, 15) is 0 Å². The molecule has 0 radical (unpaired) electrons. The molecule has 98 valence electrons. The molecule has 2 aromatic rings. The molecule has 19 heavy (non-hydrogen) atoms. The summed E-state index contributed by atoms with van der Waals surface area (Å²) in [5.41, 5.74) is 8.32. The van der Waals surface area contributed by atoms with E-state index in [1.165, 1.54) is 4.68 Å². The Morgan fingerprint density at radius 3 is 2.95 bits per heavy atom. The van der Waals surface area contributed by atoms with Gasteiger partial charge in [-0.15, -0.1) is 0 Å². The smallest absolute Gasteiger partial charge is 0.193 e. The molecule has 2 heterocycles. The van der Waals surface area contributed by atoms with Crippen molar-refractivity contribution in [3.05, 3.63) is 33.8 Å². The number of nitrogens with one attached hydrogen (secondary N) is 1. The normalized spacial score (nSPS) is 13.2. The van der Waals surface area contributed by atoms with Crippen molar-refractivity contribution in [2.45, 2.75) is 6.42 Å². The summed E-state index contributed by atoms with van der Waals surface area (Å²) in [7, 11) is 0. The van der Waals surface area contributed by atoms with Crippen molar-refractivity contribution in [2.75, 3.05) is 11.9 Å². The van der Waals surface area contributed by atoms with Crippen molar-refractivity contribution < 1.29 is 0 Å². The van der Waals surface area contributed by atoms with Crippen LogP contribution < -0.4 is 11.1 Å². The van der Waals surface area contributed by atoms with E-state index in [1.807, 2.05) is 12.1 Å². The molecule has 3 N–H and O–H groups in total. The van der Waals surface area contributed by atoms with Crippen LogP contribution in [0.2, 0.25) is 10.0 Å². The van der Waals surface area contributed by atoms with Crippen LogP contribution >= 0.6 is 35.4 Å². The molecular formula is C12H10Cl2N4S. The second kappa shape index (κ2) is 4.67. The molecule has 0 bridgehead atoms. The Hall–Kier alpha value is -1.30. The fourth-order valence-corrected chi connectivity index (χ4v) is 2.76. The van der Waals surface area contributed by atoms with Crippen molar-refractivity contribution in [1.82, 2.24) is 9.78 Å². The highest BCUT2D eigenvalue weighted by molar-refractivity contribution is 7.80. The van der Waals surface area contributed by atoms with Crippen molar-refractivity contribution in [3.8, 4) is 11.3 Å². The van der Waals surface area contributed by atoms with Crippen molar-refractivity contribution in [1.29, 1.82) is 0 Å². The van der Waals surface area contributed by atoms with Gasteiger partial charge >= 0.3 is 0 Å². The summed E-state index contributed by atoms with van der Waals surface area (Å²) in [6.45, 7) is 0.834. The summed E-state index contributed by atoms with van der Waals surface area (Å²) in [4.78, 5) is 0. The van der Waals surface area contributed by atoms with E-state index >= 15 is 0 Å². The quantitative estimate of drug-likeness (QED) is 0.795. The second-order valence-electron chi connectivity index (χ2n) is 4.20. The zero-order chi connectivity index (χ0) is 13.6. The molecule has 0 saturated carbocycles. The molecule has 0 amide bonds. The third-order valence-electron chi connectivity index (χ3n) is 3.07. The molecule has 0 unspecified atom stereocenters. The van der Waals surface area contributed by atoms with Crippen molar-refractivity contribution in [3.63, 3.8) is 0 Å². The predicted molar refractivity (Wildman–Crippen MR) is 82.1 cm³/mol. The van der Waals surface area contributed by atoms with Crippen molar-refractivity contribution >= 4 is 46.4 Å². The molecule has 4 nitrogen and oxygen atoms in total. The van der Waals surface area contributed by atoms with Gasteiger partial charge in [0, 0.05) is 17.7 Å². The first-order valence-corrected chi connectivity index (χ1v) is 6.86. The van der Waals surface area contributed by atoms with E-state index in [0.29, 0.717) is 10.0 Å². The number of nitrogens with two attached hydrogens (primary N) is 1. The lowest BCUT2D eigenvalue weighted by atomic mass is 10.1. The SMILES string of the molecule is NC(=S)n1nc(-c2cccc(Cl)c2Cl)c2c1NCC2. The Balaban J connectivity index is 2.24. The average molecular weight is 313 g/mol. The maximum Gasteiger partial charge on any atom is 0.193 e. The minimum Gasteiger partial charge on any atom is -0.374 e. The second-order valence-corrected chi connectivity index (χ2v) is 5.41. The number of fused-ring (bicyclic) bond motifs is 1. The molecule has 0 spiro atoms. The van der Waals surface area contributed by atoms with Gasteiger partial charge in [0.05, 0.1) is 15.7 Å². The number of anilines is 1. The molecule has 7 heteroatoms. The first kappa shape index (κ1) is 12.7. The summed E-state index contributed by atoms with van der Waals surface area (Å²) in [5.74, 6) is 0.846. The van der Waals surface area contributed by atoms with Gasteiger partial charge in [0.1, 0.15) is 5.82 Å². The minimum atomic E-state index is 0.204. The molecule has 1 aromatic heterocycles. The van der Waals surface area contributed by atoms with Gasteiger partial charge in [-0.25, -0.2) is 0 Å². The van der Waals surface area contributed by atoms with Crippen LogP contribution in [0.4, 0.5) is 5.82 Å². The van der Waals surface area contributed by atoms with Crippen LogP contribution in [-0.2, 0) is 6.42 Å². The third-order valence-corrected chi connectivity index (χ3v) is 4.06. The summed E-state index contributed by atoms with van der Waals surface area (Å²) in [5, 5.41) is 8.88. The fourth-order valence-electron chi connectivity index (χ4n) is 2.24. The van der Waals surface area contributed by atoms with Crippen LogP contribution in [0.5, 0.6) is 0 Å². The molecule has 0 fully saturated rings. The largest absolute Gasteiger partial charge is 0.374 e. The van der Waals surface area contributed by atoms with Crippen LogP contribution in [0.25, 0.3) is 11.3 Å². The lowest BCUT2D eigenvalue weighted by Gasteiger charge is -2.04. The van der Waals surface area contributed by atoms with Crippen molar-refractivity contribution in [2.24, 2.45) is 5.73 Å². The molecule has 1 aromatic carbocycles. The van der Waals surface area contributed by atoms with E-state index < -0.39 is 0 Å². The summed E-state index contributed by atoms with van der Waals surface area (Å²) < 4.78 is 1.53. The van der Waals surface area contributed by atoms with Gasteiger partial charge in [-0.2, -0.15) is 9.78 Å². The number of thiocarbonyl (C=S) groups is 1. The van der Waals surface area contributed by atoms with Gasteiger partial charge < -0.3 is 11.1 Å². The number of halogens is 2. The van der Waals surface area contributed by atoms with Gasteiger partial charge in [0.2, 0.25) is 0 Å². The molecule has 1 aliphatic rings. The Labute approximate surface area is 125 Å². The Kier molecular flexibility index (Phi) is 3.12. The van der Waals surface area contributed by atoms with Crippen LogP contribution in [0.3, 0.4) is 0 Å². The first-order valence-electron chi connectivity index (χ1n) is 5.69. The Morgan fingerprint density at radius 2 is 2.21 bits per heavy atom. The third kappa shape index (κ3) is 1.98. The highest BCUT2D eigenvalue weighted by Gasteiger charge is 2.25. The molecule has 0 saturated heterocycles. The average Bonchev–Trinajstić information content (AvgIpc) is 2.94. The van der Waals surface area contributed by atoms with Crippen LogP contribution in [-0.4, -0.2) is 21.4 Å². The Morgan fingerprint density at radius 1 is 1.42 bits per heavy atom. The lowest BCUT2D eigenvalue weighted by molar-refractivity contribution is 0.935. The molecule has 3 rings (SSSR count). The summed E-state index contributed by atoms with van der Waals surface area (Å²) in [6, 6.07) is 5.48. The number of aromatic nitrogens is 2. The van der Waals surface area contributed by atoms with Crippen LogP contribution in [0.1, 0.15) is 5.56 Å². The number of hydrogen-bond donors (Lipinski definition) is 2. The van der Waals surface area contributed by atoms with E-state index in [4.69, 9.17) is 41.2 Å². The zero-order valence-corrected chi connectivity index (χ0v) is 12.1. The fraction of sp³-hybridized carbons (Fsp3) is 0.167.